The third-order valence-electron chi connectivity index (χ3n) is 4.14. The molecule has 1 aromatic carbocycles. The largest absolute Gasteiger partial charge is 0.324 e. The van der Waals surface area contributed by atoms with E-state index < -0.39 is 0 Å². The summed E-state index contributed by atoms with van der Waals surface area (Å²) in [5, 5.41) is 3.46. The Balaban J connectivity index is 1.76. The van der Waals surface area contributed by atoms with Gasteiger partial charge in [-0.05, 0) is 44.6 Å². The van der Waals surface area contributed by atoms with Crippen molar-refractivity contribution in [3.63, 3.8) is 0 Å². The van der Waals surface area contributed by atoms with Crippen LogP contribution in [0.3, 0.4) is 0 Å². The van der Waals surface area contributed by atoms with Gasteiger partial charge < -0.3 is 10.2 Å². The maximum atomic E-state index is 12.2. The number of hydrogen-bond donors (Lipinski definition) is 1. The second-order valence-corrected chi connectivity index (χ2v) is 6.21. The van der Waals surface area contributed by atoms with E-state index in [1.54, 1.807) is 6.07 Å². The van der Waals surface area contributed by atoms with Gasteiger partial charge in [-0.3, -0.25) is 9.69 Å². The number of likely N-dealkylation sites (N-methyl/N-ethyl adjacent to an activating group) is 1. The molecule has 4 nitrogen and oxygen atoms in total. The zero-order valence-corrected chi connectivity index (χ0v) is 14.1. The van der Waals surface area contributed by atoms with E-state index in [2.05, 4.69) is 22.0 Å². The summed E-state index contributed by atoms with van der Waals surface area (Å²) in [7, 11) is 0. The molecule has 1 aromatic rings. The van der Waals surface area contributed by atoms with Gasteiger partial charge in [0.2, 0.25) is 5.91 Å². The molecule has 5 heteroatoms. The maximum absolute atomic E-state index is 12.2. The fourth-order valence-electron chi connectivity index (χ4n) is 2.77. The number of carbonyl (C=O) groups is 1. The number of piperidine rings is 1. The number of amides is 1. The van der Waals surface area contributed by atoms with E-state index in [-0.39, 0.29) is 5.91 Å². The molecule has 0 aromatic heterocycles. The lowest BCUT2D eigenvalue weighted by Gasteiger charge is -2.29. The van der Waals surface area contributed by atoms with E-state index >= 15 is 0 Å². The van der Waals surface area contributed by atoms with Crippen molar-refractivity contribution >= 4 is 23.2 Å². The predicted molar refractivity (Wildman–Crippen MR) is 92.5 cm³/mol. The zero-order chi connectivity index (χ0) is 15.8. The number of likely N-dealkylation sites (tertiary alicyclic amines) is 1. The van der Waals surface area contributed by atoms with Crippen molar-refractivity contribution < 1.29 is 4.79 Å². The molecule has 1 N–H and O–H groups in total. The molecule has 0 atom stereocenters. The first-order chi connectivity index (χ1) is 10.7. The second kappa shape index (κ2) is 9.13. The number of carbonyl (C=O) groups excluding carboxylic acids is 1. The first kappa shape index (κ1) is 17.3. The first-order valence-electron chi connectivity index (χ1n) is 8.18. The highest BCUT2D eigenvalue weighted by molar-refractivity contribution is 6.33. The van der Waals surface area contributed by atoms with Crippen molar-refractivity contribution in [1.29, 1.82) is 0 Å². The van der Waals surface area contributed by atoms with Crippen molar-refractivity contribution in [2.75, 3.05) is 44.6 Å². The second-order valence-electron chi connectivity index (χ2n) is 5.80. The van der Waals surface area contributed by atoms with Crippen LogP contribution in [0.15, 0.2) is 24.3 Å². The summed E-state index contributed by atoms with van der Waals surface area (Å²) in [6, 6.07) is 7.33. The lowest BCUT2D eigenvalue weighted by Crippen LogP contribution is -2.40. The number of para-hydroxylation sites is 1. The van der Waals surface area contributed by atoms with Crippen molar-refractivity contribution in [2.45, 2.75) is 26.2 Å². The summed E-state index contributed by atoms with van der Waals surface area (Å²) in [6.07, 6.45) is 3.96. The molecule has 1 amide bonds. The van der Waals surface area contributed by atoms with Crippen LogP contribution in [0.2, 0.25) is 5.02 Å². The van der Waals surface area contributed by atoms with Gasteiger partial charge in [0.05, 0.1) is 17.3 Å². The van der Waals surface area contributed by atoms with Gasteiger partial charge >= 0.3 is 0 Å². The Hall–Kier alpha value is -1.10. The quantitative estimate of drug-likeness (QED) is 0.837. The van der Waals surface area contributed by atoms with Crippen molar-refractivity contribution in [1.82, 2.24) is 9.80 Å². The molecule has 22 heavy (non-hydrogen) atoms. The molecule has 1 heterocycles. The highest BCUT2D eigenvalue weighted by Crippen LogP contribution is 2.20. The van der Waals surface area contributed by atoms with Crippen molar-refractivity contribution in [3.8, 4) is 0 Å². The molecule has 122 valence electrons. The average Bonchev–Trinajstić information content (AvgIpc) is 2.54. The van der Waals surface area contributed by atoms with Crippen LogP contribution in [0.25, 0.3) is 0 Å². The third kappa shape index (κ3) is 5.59. The Bertz CT molecular complexity index is 475. The Morgan fingerprint density at radius 2 is 2.00 bits per heavy atom. The van der Waals surface area contributed by atoms with Crippen LogP contribution in [-0.4, -0.2) is 55.0 Å². The van der Waals surface area contributed by atoms with E-state index in [9.17, 15) is 4.79 Å². The summed E-state index contributed by atoms with van der Waals surface area (Å²) < 4.78 is 0. The number of nitrogens with zero attached hydrogens (tertiary/aromatic N) is 2. The van der Waals surface area contributed by atoms with Crippen molar-refractivity contribution in [2.24, 2.45) is 0 Å². The topological polar surface area (TPSA) is 35.6 Å². The van der Waals surface area contributed by atoms with E-state index in [0.717, 1.165) is 19.6 Å². The molecule has 1 fully saturated rings. The summed E-state index contributed by atoms with van der Waals surface area (Å²) in [6.45, 7) is 7.77. The normalized spacial score (nSPS) is 16.0. The number of hydrogen-bond acceptors (Lipinski definition) is 3. The Labute approximate surface area is 138 Å². The van der Waals surface area contributed by atoms with E-state index in [1.165, 1.54) is 32.4 Å². The van der Waals surface area contributed by atoms with Gasteiger partial charge in [0.1, 0.15) is 0 Å². The van der Waals surface area contributed by atoms with Crippen LogP contribution in [0.1, 0.15) is 26.2 Å². The summed E-state index contributed by atoms with van der Waals surface area (Å²) in [5.41, 5.74) is 0.682. The Morgan fingerprint density at radius 3 is 2.68 bits per heavy atom. The molecule has 0 radical (unpaired) electrons. The van der Waals surface area contributed by atoms with Gasteiger partial charge in [-0.15, -0.1) is 0 Å². The standard InChI is InChI=1S/C17H26ClN3O/c1-2-20(12-13-21-10-6-3-7-11-21)14-17(22)19-16-9-5-4-8-15(16)18/h4-5,8-9H,2-3,6-7,10-14H2,1H3,(H,19,22). The summed E-state index contributed by atoms with van der Waals surface area (Å²) >= 11 is 6.07. The maximum Gasteiger partial charge on any atom is 0.238 e. The van der Waals surface area contributed by atoms with Gasteiger partial charge in [0.25, 0.3) is 0 Å². The van der Waals surface area contributed by atoms with Crippen LogP contribution in [0.5, 0.6) is 0 Å². The van der Waals surface area contributed by atoms with Gasteiger partial charge in [-0.2, -0.15) is 0 Å². The van der Waals surface area contributed by atoms with Crippen LogP contribution >= 0.6 is 11.6 Å². The molecule has 0 spiro atoms. The minimum absolute atomic E-state index is 0.00593. The fraction of sp³-hybridized carbons (Fsp3) is 0.588. The molecule has 0 bridgehead atoms. The number of nitrogens with one attached hydrogen (secondary N) is 1. The van der Waals surface area contributed by atoms with Crippen molar-refractivity contribution in [3.05, 3.63) is 29.3 Å². The van der Waals surface area contributed by atoms with Gasteiger partial charge in [0, 0.05) is 13.1 Å². The van der Waals surface area contributed by atoms with E-state index in [0.29, 0.717) is 17.3 Å². The Morgan fingerprint density at radius 1 is 1.27 bits per heavy atom. The molecule has 1 aliphatic rings. The summed E-state index contributed by atoms with van der Waals surface area (Å²) in [4.78, 5) is 16.8. The number of halogens is 1. The first-order valence-corrected chi connectivity index (χ1v) is 8.56. The molecular weight excluding hydrogens is 298 g/mol. The number of benzene rings is 1. The average molecular weight is 324 g/mol. The monoisotopic (exact) mass is 323 g/mol. The van der Waals surface area contributed by atoms with Crippen LogP contribution in [0, 0.1) is 0 Å². The zero-order valence-electron chi connectivity index (χ0n) is 13.4. The minimum Gasteiger partial charge on any atom is -0.324 e. The highest BCUT2D eigenvalue weighted by atomic mass is 35.5. The van der Waals surface area contributed by atoms with Crippen LogP contribution in [0.4, 0.5) is 5.69 Å². The van der Waals surface area contributed by atoms with Crippen LogP contribution < -0.4 is 5.32 Å². The lowest BCUT2D eigenvalue weighted by atomic mass is 10.1. The number of rotatable bonds is 7. The molecule has 1 saturated heterocycles. The lowest BCUT2D eigenvalue weighted by molar-refractivity contribution is -0.117. The van der Waals surface area contributed by atoms with Gasteiger partial charge in [0.15, 0.2) is 0 Å². The molecule has 0 saturated carbocycles. The summed E-state index contributed by atoms with van der Waals surface area (Å²) in [5.74, 6) is -0.00593. The van der Waals surface area contributed by atoms with E-state index in [1.807, 2.05) is 18.2 Å². The fourth-order valence-corrected chi connectivity index (χ4v) is 2.95. The van der Waals surface area contributed by atoms with Gasteiger partial charge in [-0.1, -0.05) is 37.1 Å². The van der Waals surface area contributed by atoms with Gasteiger partial charge in [-0.25, -0.2) is 0 Å². The molecule has 0 aliphatic carbocycles. The highest BCUT2D eigenvalue weighted by Gasteiger charge is 2.14. The van der Waals surface area contributed by atoms with E-state index in [4.69, 9.17) is 11.6 Å². The minimum atomic E-state index is -0.00593. The molecule has 1 aliphatic heterocycles. The predicted octanol–water partition coefficient (Wildman–Crippen LogP) is 3.09. The molecule has 0 unspecified atom stereocenters. The SMILES string of the molecule is CCN(CCN1CCCCC1)CC(=O)Nc1ccccc1Cl. The smallest absolute Gasteiger partial charge is 0.238 e. The van der Waals surface area contributed by atoms with Crippen LogP contribution in [-0.2, 0) is 4.79 Å². The number of anilines is 1. The Kier molecular flexibility index (Phi) is 7.16. The third-order valence-corrected chi connectivity index (χ3v) is 4.47. The molecule has 2 rings (SSSR count). The molecular formula is C17H26ClN3O.